The quantitative estimate of drug-likeness (QED) is 0.709. The van der Waals surface area contributed by atoms with Gasteiger partial charge < -0.3 is 15.4 Å². The summed E-state index contributed by atoms with van der Waals surface area (Å²) in [5.74, 6) is -0.611. The van der Waals surface area contributed by atoms with Gasteiger partial charge in [0.1, 0.15) is 6.54 Å². The van der Waals surface area contributed by atoms with Crippen LogP contribution in [0.3, 0.4) is 0 Å². The van der Waals surface area contributed by atoms with Crippen molar-refractivity contribution >= 4 is 11.9 Å². The van der Waals surface area contributed by atoms with Crippen LogP contribution in [0.15, 0.2) is 30.3 Å². The van der Waals surface area contributed by atoms with Gasteiger partial charge in [0.05, 0.1) is 12.6 Å². The first-order valence-corrected chi connectivity index (χ1v) is 7.82. The number of nitrogens with two attached hydrogens (primary N) is 1. The minimum Gasteiger partial charge on any atom is -0.465 e. The Bertz CT molecular complexity index is 462. The van der Waals surface area contributed by atoms with Crippen LogP contribution in [-0.2, 0) is 20.9 Å². The Morgan fingerprint density at radius 2 is 1.91 bits per heavy atom. The molecule has 5 heteroatoms. The molecule has 1 rings (SSSR count). The SMILES string of the molecule is CCCC[C@H](N)C(=O)N(CC(=O)OCC)Cc1ccccc1. The van der Waals surface area contributed by atoms with Crippen molar-refractivity contribution in [1.82, 2.24) is 4.90 Å². The number of rotatable bonds is 9. The van der Waals surface area contributed by atoms with E-state index in [0.717, 1.165) is 18.4 Å². The molecule has 1 aromatic carbocycles. The molecular weight excluding hydrogens is 280 g/mol. The van der Waals surface area contributed by atoms with Gasteiger partial charge >= 0.3 is 5.97 Å². The predicted octanol–water partition coefficient (Wildman–Crippen LogP) is 2.10. The van der Waals surface area contributed by atoms with Gasteiger partial charge in [-0.25, -0.2) is 0 Å². The summed E-state index contributed by atoms with van der Waals surface area (Å²) < 4.78 is 4.95. The predicted molar refractivity (Wildman–Crippen MR) is 86.0 cm³/mol. The first kappa shape index (κ1) is 18.2. The molecule has 0 saturated carbocycles. The third kappa shape index (κ3) is 6.26. The molecule has 1 aromatic rings. The minimum absolute atomic E-state index is 0.0681. The Hall–Kier alpha value is -1.88. The van der Waals surface area contributed by atoms with Crippen LogP contribution in [0.1, 0.15) is 38.7 Å². The number of amides is 1. The van der Waals surface area contributed by atoms with Crippen molar-refractivity contribution in [1.29, 1.82) is 0 Å². The highest BCUT2D eigenvalue weighted by atomic mass is 16.5. The fourth-order valence-corrected chi connectivity index (χ4v) is 2.16. The van der Waals surface area contributed by atoms with Crippen LogP contribution in [0.25, 0.3) is 0 Å². The summed E-state index contributed by atoms with van der Waals surface area (Å²) in [5.41, 5.74) is 6.93. The number of hydrogen-bond donors (Lipinski definition) is 1. The van der Waals surface area contributed by atoms with E-state index in [1.54, 1.807) is 6.92 Å². The minimum atomic E-state index is -0.571. The molecule has 0 radical (unpaired) electrons. The molecule has 0 unspecified atom stereocenters. The molecular formula is C17H26N2O3. The Morgan fingerprint density at radius 1 is 1.23 bits per heavy atom. The third-order valence-electron chi connectivity index (χ3n) is 3.34. The molecule has 0 saturated heterocycles. The number of hydrogen-bond acceptors (Lipinski definition) is 4. The van der Waals surface area contributed by atoms with E-state index in [4.69, 9.17) is 10.5 Å². The van der Waals surface area contributed by atoms with Gasteiger partial charge in [-0.15, -0.1) is 0 Å². The second-order valence-corrected chi connectivity index (χ2v) is 5.23. The monoisotopic (exact) mass is 306 g/mol. The largest absolute Gasteiger partial charge is 0.465 e. The fraction of sp³-hybridized carbons (Fsp3) is 0.529. The number of ether oxygens (including phenoxy) is 1. The maximum Gasteiger partial charge on any atom is 0.325 e. The molecule has 0 aliphatic carbocycles. The van der Waals surface area contributed by atoms with Crippen LogP contribution in [0.5, 0.6) is 0 Å². The highest BCUT2D eigenvalue weighted by Crippen LogP contribution is 2.09. The lowest BCUT2D eigenvalue weighted by Crippen LogP contribution is -2.45. The Labute approximate surface area is 132 Å². The molecule has 1 amide bonds. The molecule has 0 heterocycles. The van der Waals surface area contributed by atoms with Gasteiger partial charge in [-0.1, -0.05) is 50.1 Å². The first-order chi connectivity index (χ1) is 10.6. The Morgan fingerprint density at radius 3 is 2.50 bits per heavy atom. The zero-order chi connectivity index (χ0) is 16.4. The summed E-state index contributed by atoms with van der Waals surface area (Å²) in [6, 6.07) is 8.98. The highest BCUT2D eigenvalue weighted by molar-refractivity contribution is 5.85. The van der Waals surface area contributed by atoms with Crippen LogP contribution >= 0.6 is 0 Å². The summed E-state index contributed by atoms with van der Waals surface area (Å²) >= 11 is 0. The molecule has 0 aromatic heterocycles. The maximum absolute atomic E-state index is 12.5. The van der Waals surface area contributed by atoms with Crippen LogP contribution in [0.2, 0.25) is 0 Å². The number of nitrogens with zero attached hydrogens (tertiary/aromatic N) is 1. The topological polar surface area (TPSA) is 72.6 Å². The van der Waals surface area contributed by atoms with Gasteiger partial charge in [0.15, 0.2) is 0 Å². The zero-order valence-electron chi connectivity index (χ0n) is 13.5. The van der Waals surface area contributed by atoms with E-state index in [9.17, 15) is 9.59 Å². The lowest BCUT2D eigenvalue weighted by molar-refractivity contribution is -0.149. The van der Waals surface area contributed by atoms with Gasteiger partial charge in [-0.3, -0.25) is 9.59 Å². The third-order valence-corrected chi connectivity index (χ3v) is 3.34. The summed E-state index contributed by atoms with van der Waals surface area (Å²) in [6.45, 7) is 4.39. The molecule has 122 valence electrons. The molecule has 22 heavy (non-hydrogen) atoms. The second-order valence-electron chi connectivity index (χ2n) is 5.23. The van der Waals surface area contributed by atoms with Crippen LogP contribution in [0, 0.1) is 0 Å². The van der Waals surface area contributed by atoms with Crippen molar-refractivity contribution in [2.45, 2.75) is 45.7 Å². The van der Waals surface area contributed by atoms with E-state index in [0.29, 0.717) is 19.6 Å². The van der Waals surface area contributed by atoms with Gasteiger partial charge in [0.25, 0.3) is 0 Å². The Balaban J connectivity index is 2.76. The van der Waals surface area contributed by atoms with Crippen LogP contribution in [-0.4, -0.2) is 36.0 Å². The van der Waals surface area contributed by atoms with E-state index in [1.165, 1.54) is 4.90 Å². The van der Waals surface area contributed by atoms with Crippen molar-refractivity contribution < 1.29 is 14.3 Å². The highest BCUT2D eigenvalue weighted by Gasteiger charge is 2.23. The lowest BCUT2D eigenvalue weighted by Gasteiger charge is -2.25. The van der Waals surface area contributed by atoms with Gasteiger partial charge in [-0.05, 0) is 18.9 Å². The summed E-state index contributed by atoms with van der Waals surface area (Å²) in [5, 5.41) is 0. The molecule has 0 aliphatic heterocycles. The molecule has 0 bridgehead atoms. The fourth-order valence-electron chi connectivity index (χ4n) is 2.16. The van der Waals surface area contributed by atoms with Gasteiger partial charge in [0, 0.05) is 6.54 Å². The second kappa shape index (κ2) is 9.95. The van der Waals surface area contributed by atoms with E-state index in [-0.39, 0.29) is 12.5 Å². The molecule has 1 atom stereocenters. The number of unbranched alkanes of at least 4 members (excludes halogenated alkanes) is 1. The van der Waals surface area contributed by atoms with Gasteiger partial charge in [-0.2, -0.15) is 0 Å². The number of benzene rings is 1. The van der Waals surface area contributed by atoms with E-state index < -0.39 is 12.0 Å². The maximum atomic E-state index is 12.5. The van der Waals surface area contributed by atoms with Gasteiger partial charge in [0.2, 0.25) is 5.91 Å². The van der Waals surface area contributed by atoms with Crippen molar-refractivity contribution in [2.24, 2.45) is 5.73 Å². The average molecular weight is 306 g/mol. The van der Waals surface area contributed by atoms with Crippen molar-refractivity contribution in [2.75, 3.05) is 13.2 Å². The molecule has 2 N–H and O–H groups in total. The molecule has 5 nitrogen and oxygen atoms in total. The number of carbonyl (C=O) groups is 2. The summed E-state index contributed by atoms with van der Waals surface area (Å²) in [4.78, 5) is 25.7. The standard InChI is InChI=1S/C17H26N2O3/c1-3-5-11-15(18)17(21)19(13-16(20)22-4-2)12-14-9-7-6-8-10-14/h6-10,15H,3-5,11-13,18H2,1-2H3/t15-/m0/s1. The molecule has 0 aliphatic rings. The Kier molecular flexibility index (Phi) is 8.22. The van der Waals surface area contributed by atoms with Crippen LogP contribution in [0.4, 0.5) is 0 Å². The molecule has 0 fully saturated rings. The number of esters is 1. The number of carbonyl (C=O) groups excluding carboxylic acids is 2. The lowest BCUT2D eigenvalue weighted by atomic mass is 10.1. The van der Waals surface area contributed by atoms with E-state index in [2.05, 4.69) is 6.92 Å². The first-order valence-electron chi connectivity index (χ1n) is 7.82. The summed E-state index contributed by atoms with van der Waals surface area (Å²) in [7, 11) is 0. The zero-order valence-corrected chi connectivity index (χ0v) is 13.5. The van der Waals surface area contributed by atoms with Crippen molar-refractivity contribution in [3.8, 4) is 0 Å². The van der Waals surface area contributed by atoms with Crippen molar-refractivity contribution in [3.05, 3.63) is 35.9 Å². The normalized spacial score (nSPS) is 11.8. The average Bonchev–Trinajstić information content (AvgIpc) is 2.52. The van der Waals surface area contributed by atoms with E-state index >= 15 is 0 Å². The molecule has 0 spiro atoms. The smallest absolute Gasteiger partial charge is 0.325 e. The van der Waals surface area contributed by atoms with E-state index in [1.807, 2.05) is 30.3 Å². The summed E-state index contributed by atoms with van der Waals surface area (Å²) in [6.07, 6.45) is 2.51. The van der Waals surface area contributed by atoms with Crippen molar-refractivity contribution in [3.63, 3.8) is 0 Å². The van der Waals surface area contributed by atoms with Crippen LogP contribution < -0.4 is 5.73 Å².